The first-order valence-electron chi connectivity index (χ1n) is 38.0. The van der Waals surface area contributed by atoms with Crippen LogP contribution >= 0.6 is 7.82 Å². The van der Waals surface area contributed by atoms with Crippen LogP contribution < -0.4 is 0 Å². The molecule has 18 atom stereocenters. The number of rotatable bonds is 59. The van der Waals surface area contributed by atoms with Gasteiger partial charge in [0.15, 0.2) is 18.7 Å². The molecule has 1 saturated carbocycles. The molecule has 11 N–H and O–H groups in total. The standard InChI is InChI=1S/C72H133O24P/c1-4-7-10-13-16-19-22-25-27-30-32-34-37-40-43-46-56(74)88-50-53(91-58(76)48-45-42-39-36-33-29-26-23-20-17-14-11-8-5-2)51-90-97(86,87)96-70-68(94-71-66(84)61(79)59(77)54(49-73)92-71)64(82)63(81)65(83)69(70)95-72-67(85)62(80)60(78)55(93-72)52-89-57(75)47-44-41-38-35-31-28-24-21-18-15-12-9-6-3/h28,31,53-55,59-73,77-85H,4-27,29-30,32-52H2,1-3H3,(H,86,87)/b31-28-. The highest BCUT2D eigenvalue weighted by atomic mass is 31.2. The molecule has 0 spiro atoms. The number of aliphatic hydroxyl groups excluding tert-OH is 10. The number of ether oxygens (including phenoxy) is 7. The van der Waals surface area contributed by atoms with Gasteiger partial charge >= 0.3 is 25.7 Å². The average Bonchev–Trinajstić information content (AvgIpc) is 0.766. The number of allylic oxidation sites excluding steroid dienone is 2. The smallest absolute Gasteiger partial charge is 0.463 e. The average molecular weight is 1410 g/mol. The molecule has 25 heteroatoms. The molecular formula is C72H133O24P. The molecule has 3 aliphatic rings. The lowest BCUT2D eigenvalue weighted by molar-refractivity contribution is -0.360. The molecule has 0 amide bonds. The molecule has 24 nitrogen and oxygen atoms in total. The molecule has 1 aliphatic carbocycles. The molecule has 2 heterocycles. The SMILES string of the molecule is CCCCCCCC/C=C\CCCCCC(=O)OCC1OC(OC2C(O)C(O)C(O)C(OC3OC(CO)C(O)C(O)C3O)C2OP(=O)(O)OCC(COC(=O)CCCCCCCCCCCCCCCCC)OC(=O)CCCCCCCCCCCCCCCC)C(O)C(O)C1O. The number of hydrogen-bond acceptors (Lipinski definition) is 23. The van der Waals surface area contributed by atoms with Gasteiger partial charge in [0, 0.05) is 19.3 Å². The molecule has 0 aromatic heterocycles. The zero-order valence-electron chi connectivity index (χ0n) is 59.4. The van der Waals surface area contributed by atoms with Crippen LogP contribution in [0.25, 0.3) is 0 Å². The molecule has 97 heavy (non-hydrogen) atoms. The lowest BCUT2D eigenvalue weighted by Gasteiger charge is -2.49. The maximum Gasteiger partial charge on any atom is 0.472 e. The van der Waals surface area contributed by atoms with Crippen LogP contribution in [0, 0.1) is 0 Å². The van der Waals surface area contributed by atoms with Crippen LogP contribution in [0.1, 0.15) is 297 Å². The lowest BCUT2D eigenvalue weighted by Crippen LogP contribution is -2.69. The third kappa shape index (κ3) is 37.6. The minimum atomic E-state index is -5.69. The summed E-state index contributed by atoms with van der Waals surface area (Å²) in [7, 11) is -5.69. The van der Waals surface area contributed by atoms with Crippen LogP contribution in [0.2, 0.25) is 0 Å². The van der Waals surface area contributed by atoms with Crippen LogP contribution in [-0.4, -0.2) is 204 Å². The number of phosphoric ester groups is 1. The zero-order chi connectivity index (χ0) is 71.1. The molecule has 0 radical (unpaired) electrons. The summed E-state index contributed by atoms with van der Waals surface area (Å²) in [4.78, 5) is 51.0. The van der Waals surface area contributed by atoms with E-state index in [2.05, 4.69) is 32.9 Å². The van der Waals surface area contributed by atoms with E-state index in [-0.39, 0.29) is 19.3 Å². The lowest BCUT2D eigenvalue weighted by atomic mass is 9.84. The molecule has 0 aromatic carbocycles. The fourth-order valence-corrected chi connectivity index (χ4v) is 13.5. The summed E-state index contributed by atoms with van der Waals surface area (Å²) < 4.78 is 65.0. The van der Waals surface area contributed by atoms with Gasteiger partial charge in [-0.25, -0.2) is 4.57 Å². The van der Waals surface area contributed by atoms with E-state index in [0.29, 0.717) is 19.3 Å². The number of unbranched alkanes of at least 4 members (excludes halogenated alkanes) is 36. The highest BCUT2D eigenvalue weighted by Crippen LogP contribution is 2.49. The maximum atomic E-state index is 14.3. The van der Waals surface area contributed by atoms with E-state index >= 15 is 0 Å². The van der Waals surface area contributed by atoms with E-state index in [1.807, 2.05) is 0 Å². The van der Waals surface area contributed by atoms with Crippen molar-refractivity contribution in [3.05, 3.63) is 12.2 Å². The predicted molar refractivity (Wildman–Crippen MR) is 365 cm³/mol. The normalized spacial score (nSPS) is 27.8. The Balaban J connectivity index is 1.74. The Hall–Kier alpha value is -2.30. The van der Waals surface area contributed by atoms with Crippen molar-refractivity contribution in [2.24, 2.45) is 0 Å². The molecule has 2 saturated heterocycles. The first kappa shape index (κ1) is 88.9. The van der Waals surface area contributed by atoms with Gasteiger partial charge in [-0.1, -0.05) is 245 Å². The summed E-state index contributed by atoms with van der Waals surface area (Å²) >= 11 is 0. The molecule has 3 fully saturated rings. The summed E-state index contributed by atoms with van der Waals surface area (Å²) in [6, 6.07) is 0. The van der Waals surface area contributed by atoms with Gasteiger partial charge in [-0.05, 0) is 44.9 Å². The van der Waals surface area contributed by atoms with Crippen LogP contribution in [0.3, 0.4) is 0 Å². The molecule has 18 unspecified atom stereocenters. The summed E-state index contributed by atoms with van der Waals surface area (Å²) in [6.07, 6.45) is 12.8. The highest BCUT2D eigenvalue weighted by Gasteiger charge is 2.58. The first-order valence-corrected chi connectivity index (χ1v) is 39.5. The second-order valence-corrected chi connectivity index (χ2v) is 28.8. The Bertz CT molecular complexity index is 2060. The van der Waals surface area contributed by atoms with Crippen LogP contribution in [-0.2, 0) is 61.2 Å². The number of carbonyl (C=O) groups excluding carboxylic acids is 3. The molecule has 2 aliphatic heterocycles. The van der Waals surface area contributed by atoms with Gasteiger partial charge in [-0.2, -0.15) is 0 Å². The van der Waals surface area contributed by atoms with E-state index < -0.39 is 156 Å². The minimum absolute atomic E-state index is 0.00940. The summed E-state index contributed by atoms with van der Waals surface area (Å²) in [5.41, 5.74) is 0. The number of hydrogen-bond donors (Lipinski definition) is 11. The Kier molecular flexibility index (Phi) is 49.8. The van der Waals surface area contributed by atoms with Crippen molar-refractivity contribution in [1.29, 1.82) is 0 Å². The quantitative estimate of drug-likeness (QED) is 0.00886. The Morgan fingerprint density at radius 3 is 1.12 bits per heavy atom. The second kappa shape index (κ2) is 54.4. The number of phosphoric acid groups is 1. The summed E-state index contributed by atoms with van der Waals surface area (Å²) in [6.45, 7) is 3.44. The fraction of sp³-hybridized carbons (Fsp3) is 0.931. The maximum absolute atomic E-state index is 14.3. The van der Waals surface area contributed by atoms with Gasteiger partial charge in [0.2, 0.25) is 0 Å². The second-order valence-electron chi connectivity index (χ2n) is 27.4. The van der Waals surface area contributed by atoms with E-state index in [9.17, 15) is 74.9 Å². The van der Waals surface area contributed by atoms with E-state index in [4.69, 9.17) is 42.2 Å². The number of carbonyl (C=O) groups is 3. The minimum Gasteiger partial charge on any atom is -0.463 e. The zero-order valence-corrected chi connectivity index (χ0v) is 60.3. The number of aliphatic hydroxyl groups is 10. The van der Waals surface area contributed by atoms with Crippen LogP contribution in [0.4, 0.5) is 0 Å². The van der Waals surface area contributed by atoms with Gasteiger partial charge in [0.05, 0.1) is 13.2 Å². The van der Waals surface area contributed by atoms with Crippen molar-refractivity contribution < 1.29 is 117 Å². The fourth-order valence-electron chi connectivity index (χ4n) is 12.6. The van der Waals surface area contributed by atoms with Gasteiger partial charge in [-0.15, -0.1) is 0 Å². The summed E-state index contributed by atoms with van der Waals surface area (Å²) in [5.74, 6) is -1.99. The van der Waals surface area contributed by atoms with Crippen molar-refractivity contribution in [2.75, 3.05) is 26.4 Å². The topological polar surface area (TPSA) is 374 Å². The van der Waals surface area contributed by atoms with E-state index in [1.54, 1.807) is 0 Å². The van der Waals surface area contributed by atoms with Gasteiger partial charge < -0.3 is 89.1 Å². The third-order valence-corrected chi connectivity index (χ3v) is 19.8. The van der Waals surface area contributed by atoms with E-state index in [1.165, 1.54) is 148 Å². The van der Waals surface area contributed by atoms with Gasteiger partial charge in [-0.3, -0.25) is 23.4 Å². The highest BCUT2D eigenvalue weighted by molar-refractivity contribution is 7.47. The largest absolute Gasteiger partial charge is 0.472 e. The Labute approximate surface area is 580 Å². The van der Waals surface area contributed by atoms with Gasteiger partial charge in [0.25, 0.3) is 0 Å². The first-order chi connectivity index (χ1) is 46.8. The molecule has 0 aromatic rings. The van der Waals surface area contributed by atoms with Crippen LogP contribution in [0.5, 0.6) is 0 Å². The monoisotopic (exact) mass is 1410 g/mol. The Morgan fingerprint density at radius 1 is 0.392 bits per heavy atom. The Morgan fingerprint density at radius 2 is 0.722 bits per heavy atom. The molecule has 570 valence electrons. The third-order valence-electron chi connectivity index (χ3n) is 18.8. The predicted octanol–water partition coefficient (Wildman–Crippen LogP) is 10.4. The van der Waals surface area contributed by atoms with Crippen LogP contribution in [0.15, 0.2) is 12.2 Å². The van der Waals surface area contributed by atoms with Gasteiger partial charge in [0.1, 0.15) is 98.7 Å². The summed E-state index contributed by atoms with van der Waals surface area (Å²) in [5, 5.41) is 110. The van der Waals surface area contributed by atoms with Crippen molar-refractivity contribution in [1.82, 2.24) is 0 Å². The molecule has 3 rings (SSSR count). The van der Waals surface area contributed by atoms with E-state index in [0.717, 1.165) is 89.9 Å². The van der Waals surface area contributed by atoms with Crippen molar-refractivity contribution in [3.8, 4) is 0 Å². The van der Waals surface area contributed by atoms with Crippen molar-refractivity contribution in [2.45, 2.75) is 401 Å². The number of esters is 3. The van der Waals surface area contributed by atoms with Crippen molar-refractivity contribution in [3.63, 3.8) is 0 Å². The molecule has 0 bridgehead atoms. The van der Waals surface area contributed by atoms with Crippen molar-refractivity contribution >= 4 is 25.7 Å². The molecular weight excluding hydrogens is 1280 g/mol.